The maximum Gasteiger partial charge on any atom is 0.141 e. The fraction of sp³-hybridized carbons (Fsp3) is 0.200. The lowest BCUT2D eigenvalue weighted by molar-refractivity contribution is 0.309. The lowest BCUT2D eigenvalue weighted by atomic mass is 9.93. The predicted octanol–water partition coefficient (Wildman–Crippen LogP) is 5.48. The van der Waals surface area contributed by atoms with Gasteiger partial charge in [0.2, 0.25) is 0 Å². The molecule has 0 radical (unpaired) electrons. The highest BCUT2D eigenvalue weighted by Crippen LogP contribution is 2.58. The monoisotopic (exact) mass is 348 g/mol. The Kier molecular flexibility index (Phi) is 3.87. The van der Waals surface area contributed by atoms with E-state index in [1.165, 1.54) is 12.1 Å². The Hall–Kier alpha value is -0.870. The Balaban J connectivity index is 1.99. The lowest BCUT2D eigenvalue weighted by Gasteiger charge is -2.11. The Bertz CT molecular complexity index is 707. The largest absolute Gasteiger partial charge is 0.354 e. The van der Waals surface area contributed by atoms with Gasteiger partial charge in [-0.3, -0.25) is 0 Å². The summed E-state index contributed by atoms with van der Waals surface area (Å²) in [5.74, 6) is -1.29. The summed E-state index contributed by atoms with van der Waals surface area (Å²) in [5, 5.41) is 0.804. The molecule has 1 aliphatic rings. The molecule has 0 spiro atoms. The molecule has 2 aromatic rings. The van der Waals surface area contributed by atoms with E-state index in [4.69, 9.17) is 39.5 Å². The van der Waals surface area contributed by atoms with Gasteiger partial charge >= 0.3 is 0 Å². The zero-order valence-corrected chi connectivity index (χ0v) is 12.8. The van der Waals surface area contributed by atoms with Gasteiger partial charge < -0.3 is 4.74 Å². The van der Waals surface area contributed by atoms with Gasteiger partial charge in [0, 0.05) is 11.6 Å². The molecule has 2 aromatic carbocycles. The average molecular weight is 350 g/mol. The van der Waals surface area contributed by atoms with E-state index in [1.807, 2.05) is 0 Å². The van der Waals surface area contributed by atoms with Crippen molar-refractivity contribution in [2.24, 2.45) is 0 Å². The van der Waals surface area contributed by atoms with Gasteiger partial charge in [-0.1, -0.05) is 35.3 Å². The van der Waals surface area contributed by atoms with E-state index in [2.05, 4.69) is 0 Å². The van der Waals surface area contributed by atoms with Crippen molar-refractivity contribution in [1.82, 2.24) is 0 Å². The molecule has 1 heterocycles. The number of alkyl halides is 1. The first-order chi connectivity index (χ1) is 9.98. The summed E-state index contributed by atoms with van der Waals surface area (Å²) >= 11 is 17.8. The maximum absolute atomic E-state index is 14.0. The molecule has 2 unspecified atom stereocenters. The molecule has 0 saturated carbocycles. The molecule has 1 saturated heterocycles. The average Bonchev–Trinajstić information content (AvgIpc) is 3.17. The van der Waals surface area contributed by atoms with E-state index in [1.54, 1.807) is 18.2 Å². The zero-order chi connectivity index (χ0) is 15.2. The van der Waals surface area contributed by atoms with Crippen LogP contribution in [0.4, 0.5) is 8.78 Å². The topological polar surface area (TPSA) is 12.5 Å². The summed E-state index contributed by atoms with van der Waals surface area (Å²) in [4.78, 5) is 0. The van der Waals surface area contributed by atoms with Crippen molar-refractivity contribution in [2.45, 2.75) is 11.7 Å². The van der Waals surface area contributed by atoms with Gasteiger partial charge in [0.05, 0.1) is 15.9 Å². The maximum atomic E-state index is 14.0. The quantitative estimate of drug-likeness (QED) is 0.528. The van der Waals surface area contributed by atoms with Crippen LogP contribution in [0.15, 0.2) is 36.4 Å². The second kappa shape index (κ2) is 5.40. The summed E-state index contributed by atoms with van der Waals surface area (Å²) in [6.07, 6.45) is -0.440. The van der Waals surface area contributed by atoms with E-state index in [0.717, 1.165) is 11.6 Å². The Morgan fingerprint density at radius 2 is 1.81 bits per heavy atom. The van der Waals surface area contributed by atoms with Gasteiger partial charge in [0.25, 0.3) is 0 Å². The first-order valence-corrected chi connectivity index (χ1v) is 7.41. The van der Waals surface area contributed by atoms with Crippen LogP contribution in [0.3, 0.4) is 0 Å². The SMILES string of the molecule is Fc1ccc(C2(CCl)OC2c2ccc(Cl)c(Cl)c2)c(F)c1. The van der Waals surface area contributed by atoms with Gasteiger partial charge in [0.1, 0.15) is 23.3 Å². The number of epoxide rings is 1. The van der Waals surface area contributed by atoms with Gasteiger partial charge in [-0.25, -0.2) is 8.78 Å². The first-order valence-electron chi connectivity index (χ1n) is 6.12. The summed E-state index contributed by atoms with van der Waals surface area (Å²) in [5.41, 5.74) is -0.0278. The second-order valence-electron chi connectivity index (χ2n) is 4.82. The third kappa shape index (κ3) is 2.53. The molecule has 1 nitrogen and oxygen atoms in total. The minimum Gasteiger partial charge on any atom is -0.354 e. The van der Waals surface area contributed by atoms with Crippen LogP contribution < -0.4 is 0 Å². The highest BCUT2D eigenvalue weighted by molar-refractivity contribution is 6.42. The first kappa shape index (κ1) is 15.0. The number of rotatable bonds is 3. The lowest BCUT2D eigenvalue weighted by Crippen LogP contribution is -2.14. The van der Waals surface area contributed by atoms with Crippen molar-refractivity contribution in [2.75, 3.05) is 5.88 Å². The molecule has 0 N–H and O–H groups in total. The molecule has 0 amide bonds. The molecule has 3 rings (SSSR count). The highest BCUT2D eigenvalue weighted by atomic mass is 35.5. The van der Waals surface area contributed by atoms with Crippen molar-refractivity contribution < 1.29 is 13.5 Å². The summed E-state index contributed by atoms with van der Waals surface area (Å²) in [6, 6.07) is 8.39. The smallest absolute Gasteiger partial charge is 0.141 e. The van der Waals surface area contributed by atoms with Gasteiger partial charge in [-0.15, -0.1) is 11.6 Å². The molecule has 21 heavy (non-hydrogen) atoms. The van der Waals surface area contributed by atoms with Crippen molar-refractivity contribution in [1.29, 1.82) is 0 Å². The minimum absolute atomic E-state index is 0.0421. The molecule has 1 aliphatic heterocycles. The molecular weight excluding hydrogens is 341 g/mol. The van der Waals surface area contributed by atoms with Crippen molar-refractivity contribution in [3.8, 4) is 0 Å². The minimum atomic E-state index is -1.00. The number of hydrogen-bond donors (Lipinski definition) is 0. The van der Waals surface area contributed by atoms with Crippen molar-refractivity contribution in [3.05, 3.63) is 69.2 Å². The van der Waals surface area contributed by atoms with Crippen LogP contribution in [0.1, 0.15) is 17.2 Å². The molecule has 0 bridgehead atoms. The molecule has 1 fully saturated rings. The van der Waals surface area contributed by atoms with Crippen LogP contribution in [-0.4, -0.2) is 5.88 Å². The predicted molar refractivity (Wildman–Crippen MR) is 79.0 cm³/mol. The Morgan fingerprint density at radius 1 is 1.05 bits per heavy atom. The van der Waals surface area contributed by atoms with Crippen LogP contribution in [-0.2, 0) is 10.3 Å². The van der Waals surface area contributed by atoms with E-state index in [-0.39, 0.29) is 11.4 Å². The number of halogens is 5. The number of benzene rings is 2. The van der Waals surface area contributed by atoms with Gasteiger partial charge in [-0.05, 0) is 23.8 Å². The molecule has 0 aliphatic carbocycles. The van der Waals surface area contributed by atoms with Gasteiger partial charge in [-0.2, -0.15) is 0 Å². The fourth-order valence-electron chi connectivity index (χ4n) is 2.40. The van der Waals surface area contributed by atoms with Crippen LogP contribution in [0.2, 0.25) is 10.0 Å². The summed E-state index contributed by atoms with van der Waals surface area (Å²) in [7, 11) is 0. The fourth-order valence-corrected chi connectivity index (χ4v) is 3.05. The number of ether oxygens (including phenoxy) is 1. The summed E-state index contributed by atoms with van der Waals surface area (Å²) in [6.45, 7) is 0. The molecular formula is C15H9Cl3F2O. The molecule has 2 atom stereocenters. The van der Waals surface area contributed by atoms with Crippen LogP contribution in [0.25, 0.3) is 0 Å². The molecule has 6 heteroatoms. The van der Waals surface area contributed by atoms with Crippen molar-refractivity contribution >= 4 is 34.8 Å². The van der Waals surface area contributed by atoms with E-state index < -0.39 is 23.3 Å². The Labute approximate surface area is 135 Å². The second-order valence-corrected chi connectivity index (χ2v) is 5.90. The van der Waals surface area contributed by atoms with Crippen molar-refractivity contribution in [3.63, 3.8) is 0 Å². The van der Waals surface area contributed by atoms with Crippen LogP contribution in [0.5, 0.6) is 0 Å². The van der Waals surface area contributed by atoms with E-state index >= 15 is 0 Å². The van der Waals surface area contributed by atoms with E-state index in [9.17, 15) is 8.78 Å². The molecule has 110 valence electrons. The normalized spacial score (nSPS) is 24.1. The summed E-state index contributed by atoms with van der Waals surface area (Å²) < 4.78 is 32.7. The van der Waals surface area contributed by atoms with Crippen LogP contribution >= 0.6 is 34.8 Å². The standard InChI is InChI=1S/C15H9Cl3F2O/c16-7-15(10-3-2-9(19)6-13(10)20)14(21-15)8-1-4-11(17)12(18)5-8/h1-6,14H,7H2. The Morgan fingerprint density at radius 3 is 2.43 bits per heavy atom. The van der Waals surface area contributed by atoms with E-state index in [0.29, 0.717) is 10.0 Å². The third-order valence-electron chi connectivity index (χ3n) is 3.53. The third-order valence-corrected chi connectivity index (χ3v) is 4.66. The highest BCUT2D eigenvalue weighted by Gasteiger charge is 2.59. The zero-order valence-electron chi connectivity index (χ0n) is 10.5. The molecule has 0 aromatic heterocycles. The van der Waals surface area contributed by atoms with Gasteiger partial charge in [0.15, 0.2) is 0 Å². The number of hydrogen-bond acceptors (Lipinski definition) is 1. The van der Waals surface area contributed by atoms with Crippen LogP contribution in [0, 0.1) is 11.6 Å².